The molecule has 0 radical (unpaired) electrons. The number of rotatable bonds is 9. The summed E-state index contributed by atoms with van der Waals surface area (Å²) in [5, 5.41) is 11.2. The first-order valence-electron chi connectivity index (χ1n) is 12.7. The Bertz CT molecular complexity index is 1370. The molecule has 2 N–H and O–H groups in total. The van der Waals surface area contributed by atoms with Gasteiger partial charge in [-0.05, 0) is 85.9 Å². The van der Waals surface area contributed by atoms with Gasteiger partial charge in [-0.3, -0.25) is 15.2 Å². The van der Waals surface area contributed by atoms with Gasteiger partial charge in [-0.15, -0.1) is 12.4 Å². The minimum atomic E-state index is -1.10. The van der Waals surface area contributed by atoms with E-state index in [4.69, 9.17) is 9.47 Å². The minimum absolute atomic E-state index is 0. The Kier molecular flexibility index (Phi) is 10.9. The van der Waals surface area contributed by atoms with Crippen LogP contribution in [0.3, 0.4) is 0 Å². The highest BCUT2D eigenvalue weighted by Crippen LogP contribution is 2.38. The number of anilines is 3. The van der Waals surface area contributed by atoms with Crippen molar-refractivity contribution in [3.63, 3.8) is 0 Å². The number of carbonyl (C=O) groups is 2. The van der Waals surface area contributed by atoms with Gasteiger partial charge in [-0.25, -0.2) is 4.79 Å². The second kappa shape index (κ2) is 14.1. The van der Waals surface area contributed by atoms with E-state index in [-0.39, 0.29) is 29.6 Å². The average Bonchev–Trinajstić information content (AvgIpc) is 2.95. The summed E-state index contributed by atoms with van der Waals surface area (Å²) in [5.74, 6) is -0.531. The SMILES string of the molecule is COc1ccc(N(NC(=O)/C=C/c2cc(OC)c(C(=O)O)cc2Br)c2c(C)cccc2N2CCCCC2)cc1.Cl. The molecule has 0 aliphatic carbocycles. The number of carbonyl (C=O) groups excluding carboxylic acids is 1. The topological polar surface area (TPSA) is 91.3 Å². The number of aromatic carboxylic acids is 1. The smallest absolute Gasteiger partial charge is 0.339 e. The third-order valence-corrected chi connectivity index (χ3v) is 7.34. The van der Waals surface area contributed by atoms with Gasteiger partial charge in [0.1, 0.15) is 17.1 Å². The Morgan fingerprint density at radius 1 is 1.02 bits per heavy atom. The fourth-order valence-corrected chi connectivity index (χ4v) is 5.13. The summed E-state index contributed by atoms with van der Waals surface area (Å²) in [6.07, 6.45) is 6.50. The standard InChI is InChI=1S/C30H32BrN3O5.ClH/c1-20-8-7-9-26(33-16-5-4-6-17-33)29(20)34(22-11-13-23(38-2)14-12-22)32-28(35)15-10-21-18-27(39-3)24(30(36)37)19-25(21)31;/h7-15,18-19H,4-6,16-17H2,1-3H3,(H,32,35)(H,36,37);1H/b15-10+;. The second-order valence-electron chi connectivity index (χ2n) is 9.21. The summed E-state index contributed by atoms with van der Waals surface area (Å²) < 4.78 is 11.1. The fourth-order valence-electron chi connectivity index (χ4n) is 4.65. The van der Waals surface area contributed by atoms with Crippen molar-refractivity contribution in [3.8, 4) is 11.5 Å². The van der Waals surface area contributed by atoms with Crippen molar-refractivity contribution in [2.45, 2.75) is 26.2 Å². The van der Waals surface area contributed by atoms with Crippen LogP contribution < -0.4 is 24.8 Å². The van der Waals surface area contributed by atoms with Gasteiger partial charge in [0.05, 0.1) is 31.3 Å². The lowest BCUT2D eigenvalue weighted by atomic mass is 10.1. The van der Waals surface area contributed by atoms with E-state index in [9.17, 15) is 14.7 Å². The van der Waals surface area contributed by atoms with Crippen LogP contribution in [0.5, 0.6) is 11.5 Å². The average molecular weight is 631 g/mol. The van der Waals surface area contributed by atoms with Crippen molar-refractivity contribution >= 4 is 63.4 Å². The van der Waals surface area contributed by atoms with E-state index in [1.807, 2.05) is 48.3 Å². The van der Waals surface area contributed by atoms with Gasteiger partial charge in [-0.2, -0.15) is 0 Å². The third kappa shape index (κ3) is 7.08. The van der Waals surface area contributed by atoms with Crippen LogP contribution in [0, 0.1) is 6.92 Å². The Morgan fingerprint density at radius 2 is 1.73 bits per heavy atom. The number of nitrogens with one attached hydrogen (secondary N) is 1. The van der Waals surface area contributed by atoms with Crippen molar-refractivity contribution in [3.05, 3.63) is 81.8 Å². The molecule has 0 spiro atoms. The van der Waals surface area contributed by atoms with Crippen molar-refractivity contribution in [2.24, 2.45) is 0 Å². The monoisotopic (exact) mass is 629 g/mol. The molecule has 212 valence electrons. The molecule has 0 bridgehead atoms. The minimum Gasteiger partial charge on any atom is -0.497 e. The number of hydrogen-bond donors (Lipinski definition) is 2. The molecule has 1 amide bonds. The Morgan fingerprint density at radius 3 is 2.35 bits per heavy atom. The van der Waals surface area contributed by atoms with Gasteiger partial charge in [0, 0.05) is 23.6 Å². The first-order chi connectivity index (χ1) is 18.8. The summed E-state index contributed by atoms with van der Waals surface area (Å²) in [7, 11) is 3.02. The van der Waals surface area contributed by atoms with Crippen LogP contribution >= 0.6 is 28.3 Å². The summed E-state index contributed by atoms with van der Waals surface area (Å²) in [6.45, 7) is 3.96. The maximum Gasteiger partial charge on any atom is 0.339 e. The van der Waals surface area contributed by atoms with E-state index in [1.165, 1.54) is 25.7 Å². The third-order valence-electron chi connectivity index (χ3n) is 6.65. The number of benzene rings is 3. The quantitative estimate of drug-likeness (QED) is 0.199. The summed E-state index contributed by atoms with van der Waals surface area (Å²) >= 11 is 3.40. The largest absolute Gasteiger partial charge is 0.497 e. The van der Waals surface area contributed by atoms with Crippen LogP contribution in [-0.2, 0) is 4.79 Å². The Balaban J connectivity index is 0.00000441. The van der Waals surface area contributed by atoms with Crippen LogP contribution in [0.2, 0.25) is 0 Å². The van der Waals surface area contributed by atoms with Gasteiger partial charge < -0.3 is 19.5 Å². The van der Waals surface area contributed by atoms with Crippen LogP contribution in [0.4, 0.5) is 17.1 Å². The number of ether oxygens (including phenoxy) is 2. The summed E-state index contributed by atoms with van der Waals surface area (Å²) in [4.78, 5) is 27.2. The molecule has 0 atom stereocenters. The van der Waals surface area contributed by atoms with Gasteiger partial charge >= 0.3 is 5.97 Å². The number of carboxylic acids is 1. The number of aryl methyl sites for hydroxylation is 1. The number of hydrogen-bond acceptors (Lipinski definition) is 6. The van der Waals surface area contributed by atoms with Gasteiger partial charge in [-0.1, -0.05) is 28.1 Å². The number of nitrogens with zero attached hydrogens (tertiary/aromatic N) is 2. The first-order valence-corrected chi connectivity index (χ1v) is 13.5. The number of para-hydroxylation sites is 1. The van der Waals surface area contributed by atoms with Crippen LogP contribution in [-0.4, -0.2) is 44.3 Å². The molecule has 1 fully saturated rings. The Labute approximate surface area is 249 Å². The van der Waals surface area contributed by atoms with E-state index < -0.39 is 5.97 Å². The molecule has 0 unspecified atom stereocenters. The van der Waals surface area contributed by atoms with Crippen molar-refractivity contribution < 1.29 is 24.2 Å². The highest BCUT2D eigenvalue weighted by molar-refractivity contribution is 9.10. The highest BCUT2D eigenvalue weighted by atomic mass is 79.9. The van der Waals surface area contributed by atoms with Crippen LogP contribution in [0.15, 0.2) is 65.1 Å². The first kappa shape index (κ1) is 30.8. The number of methoxy groups -OCH3 is 2. The lowest BCUT2D eigenvalue weighted by Crippen LogP contribution is -2.40. The van der Waals surface area contributed by atoms with Gasteiger partial charge in [0.25, 0.3) is 5.91 Å². The molecule has 1 aliphatic rings. The molecule has 0 aromatic heterocycles. The zero-order chi connectivity index (χ0) is 27.9. The molecular formula is C30H33BrClN3O5. The zero-order valence-electron chi connectivity index (χ0n) is 22.6. The highest BCUT2D eigenvalue weighted by Gasteiger charge is 2.22. The molecule has 40 heavy (non-hydrogen) atoms. The van der Waals surface area contributed by atoms with E-state index in [0.29, 0.717) is 10.0 Å². The lowest BCUT2D eigenvalue weighted by molar-refractivity contribution is -0.116. The van der Waals surface area contributed by atoms with Crippen LogP contribution in [0.1, 0.15) is 40.7 Å². The molecule has 3 aromatic rings. The molecule has 1 heterocycles. The Hall–Kier alpha value is -3.69. The zero-order valence-corrected chi connectivity index (χ0v) is 25.0. The second-order valence-corrected chi connectivity index (χ2v) is 10.1. The molecular weight excluding hydrogens is 598 g/mol. The van der Waals surface area contributed by atoms with Crippen molar-refractivity contribution in [2.75, 3.05) is 37.2 Å². The number of halogens is 2. The summed E-state index contributed by atoms with van der Waals surface area (Å²) in [5.41, 5.74) is 7.45. The van der Waals surface area contributed by atoms with Crippen molar-refractivity contribution in [1.82, 2.24) is 5.43 Å². The predicted octanol–water partition coefficient (Wildman–Crippen LogP) is 6.77. The maximum atomic E-state index is 13.3. The molecule has 1 saturated heterocycles. The van der Waals surface area contributed by atoms with Gasteiger partial charge in [0.15, 0.2) is 0 Å². The molecule has 3 aromatic carbocycles. The molecule has 10 heteroatoms. The number of piperidine rings is 1. The van der Waals surface area contributed by atoms with Crippen molar-refractivity contribution in [1.29, 1.82) is 0 Å². The number of carboxylic acid groups (broad SMARTS) is 1. The van der Waals surface area contributed by atoms with E-state index >= 15 is 0 Å². The molecule has 0 saturated carbocycles. The van der Waals surface area contributed by atoms with E-state index in [0.717, 1.165) is 54.3 Å². The van der Waals surface area contributed by atoms with Crippen LogP contribution in [0.25, 0.3) is 6.08 Å². The fraction of sp³-hybridized carbons (Fsp3) is 0.267. The normalized spacial score (nSPS) is 12.9. The lowest BCUT2D eigenvalue weighted by Gasteiger charge is -2.35. The van der Waals surface area contributed by atoms with E-state index in [2.05, 4.69) is 32.3 Å². The molecule has 8 nitrogen and oxygen atoms in total. The molecule has 4 rings (SSSR count). The van der Waals surface area contributed by atoms with E-state index in [1.54, 1.807) is 19.3 Å². The predicted molar refractivity (Wildman–Crippen MR) is 164 cm³/mol. The molecule has 1 aliphatic heterocycles. The van der Waals surface area contributed by atoms with Gasteiger partial charge in [0.2, 0.25) is 0 Å². The summed E-state index contributed by atoms with van der Waals surface area (Å²) in [6, 6.07) is 16.7. The number of hydrazine groups is 1. The number of amides is 1. The maximum absolute atomic E-state index is 13.3.